The summed E-state index contributed by atoms with van der Waals surface area (Å²) in [6, 6.07) is 3.23. The molecule has 0 saturated heterocycles. The van der Waals surface area contributed by atoms with Crippen LogP contribution in [0, 0.1) is 6.85 Å². The van der Waals surface area contributed by atoms with Crippen molar-refractivity contribution in [3.63, 3.8) is 0 Å². The van der Waals surface area contributed by atoms with E-state index in [1.165, 1.54) is 0 Å². The Morgan fingerprint density at radius 1 is 1.50 bits per heavy atom. The maximum atomic E-state index is 9.05. The Morgan fingerprint density at radius 2 is 2.33 bits per heavy atom. The monoisotopic (exact) mass is 172 g/mol. The van der Waals surface area contributed by atoms with Gasteiger partial charge < -0.3 is 14.8 Å². The predicted molar refractivity (Wildman–Crippen MR) is 47.6 cm³/mol. The van der Waals surface area contributed by atoms with Gasteiger partial charge in [0.15, 0.2) is 0 Å². The van der Waals surface area contributed by atoms with Gasteiger partial charge in [-0.1, -0.05) is 12.1 Å². The maximum Gasteiger partial charge on any atom is 0.492 e. The van der Waals surface area contributed by atoms with E-state index in [4.69, 9.17) is 18.3 Å². The Balaban J connectivity index is 3.25. The van der Waals surface area contributed by atoms with Crippen molar-refractivity contribution in [2.24, 2.45) is 0 Å². The zero-order chi connectivity index (χ0) is 14.1. The summed E-state index contributed by atoms with van der Waals surface area (Å²) >= 11 is 0. The Labute approximate surface area is 80.2 Å². The van der Waals surface area contributed by atoms with Crippen molar-refractivity contribution in [2.45, 2.75) is 6.85 Å². The fraction of sp³-hybridized carbons (Fsp3) is 0.250. The topological polar surface area (TPSA) is 49.7 Å². The van der Waals surface area contributed by atoms with Crippen molar-refractivity contribution in [3.05, 3.63) is 23.8 Å². The first-order valence-electron chi connectivity index (χ1n) is 6.20. The van der Waals surface area contributed by atoms with Gasteiger partial charge in [0, 0.05) is 9.58 Å². The SMILES string of the molecule is [2H]C([2H])([2H])Oc1cc(C([2H])([2H])[2H])ccc1B(O)O. The van der Waals surface area contributed by atoms with Crippen LogP contribution in [0.5, 0.6) is 5.75 Å². The van der Waals surface area contributed by atoms with E-state index in [1.807, 2.05) is 0 Å². The highest BCUT2D eigenvalue weighted by molar-refractivity contribution is 6.59. The first-order chi connectivity index (χ1) is 8.00. The molecule has 4 heteroatoms. The van der Waals surface area contributed by atoms with E-state index >= 15 is 0 Å². The van der Waals surface area contributed by atoms with Crippen molar-refractivity contribution >= 4 is 12.6 Å². The number of aryl methyl sites for hydroxylation is 1. The van der Waals surface area contributed by atoms with Crippen LogP contribution in [0.3, 0.4) is 0 Å². The molecule has 0 unspecified atom stereocenters. The standard InChI is InChI=1S/C8H11BO3/c1-6-3-4-7(9(10)11)8(5-6)12-2/h3-5,10-11H,1-2H3/i1D3,2D3. The minimum absolute atomic E-state index is 0.147. The molecule has 1 aromatic carbocycles. The molecule has 0 aromatic heterocycles. The van der Waals surface area contributed by atoms with Crippen LogP contribution in [0.2, 0.25) is 0 Å². The van der Waals surface area contributed by atoms with E-state index in [9.17, 15) is 0 Å². The van der Waals surface area contributed by atoms with Gasteiger partial charge in [0.05, 0.1) is 11.2 Å². The molecule has 1 aromatic rings. The molecule has 0 atom stereocenters. The van der Waals surface area contributed by atoms with E-state index in [0.717, 1.165) is 18.2 Å². The van der Waals surface area contributed by atoms with E-state index in [2.05, 4.69) is 4.74 Å². The van der Waals surface area contributed by atoms with Crippen molar-refractivity contribution < 1.29 is 23.0 Å². The highest BCUT2D eigenvalue weighted by Gasteiger charge is 2.15. The predicted octanol–water partition coefficient (Wildman–Crippen LogP) is -0.317. The Hall–Kier alpha value is -0.995. The first-order valence-corrected chi connectivity index (χ1v) is 3.20. The first kappa shape index (κ1) is 3.81. The van der Waals surface area contributed by atoms with Crippen molar-refractivity contribution in [1.29, 1.82) is 0 Å². The van der Waals surface area contributed by atoms with Crippen molar-refractivity contribution in [3.8, 4) is 5.75 Å². The van der Waals surface area contributed by atoms with Crippen LogP contribution < -0.4 is 10.2 Å². The number of benzene rings is 1. The normalized spacial score (nSPS) is 19.2. The molecule has 0 amide bonds. The quantitative estimate of drug-likeness (QED) is 0.601. The zero-order valence-corrected chi connectivity index (χ0v) is 6.11. The number of rotatable bonds is 2. The molecule has 0 bridgehead atoms. The van der Waals surface area contributed by atoms with Gasteiger partial charge in [0.25, 0.3) is 0 Å². The lowest BCUT2D eigenvalue weighted by molar-refractivity contribution is 0.403. The molecule has 0 heterocycles. The van der Waals surface area contributed by atoms with Crippen molar-refractivity contribution in [1.82, 2.24) is 0 Å². The Kier molecular flexibility index (Phi) is 1.14. The third-order valence-corrected chi connectivity index (χ3v) is 1.40. The second-order valence-electron chi connectivity index (χ2n) is 2.23. The van der Waals surface area contributed by atoms with Crippen molar-refractivity contribution in [2.75, 3.05) is 7.04 Å². The molecule has 3 nitrogen and oxygen atoms in total. The minimum Gasteiger partial charge on any atom is -0.497 e. The smallest absolute Gasteiger partial charge is 0.492 e. The van der Waals surface area contributed by atoms with Crippen LogP contribution in [0.4, 0.5) is 0 Å². The highest BCUT2D eigenvalue weighted by atomic mass is 16.5. The van der Waals surface area contributed by atoms with Crippen LogP contribution in [-0.2, 0) is 0 Å². The molecule has 2 N–H and O–H groups in total. The third-order valence-electron chi connectivity index (χ3n) is 1.40. The summed E-state index contributed by atoms with van der Waals surface area (Å²) in [5.74, 6) is -0.390. The number of hydrogen-bond donors (Lipinski definition) is 2. The highest BCUT2D eigenvalue weighted by Crippen LogP contribution is 2.09. The summed E-state index contributed by atoms with van der Waals surface area (Å²) in [4.78, 5) is 0. The van der Waals surface area contributed by atoms with Gasteiger partial charge in [0.1, 0.15) is 5.75 Å². The summed E-state index contributed by atoms with van der Waals surface area (Å²) in [7, 11) is -4.76. The van der Waals surface area contributed by atoms with Gasteiger partial charge in [0.2, 0.25) is 0 Å². The molecule has 0 aliphatic heterocycles. The van der Waals surface area contributed by atoms with E-state index in [-0.39, 0.29) is 11.0 Å². The Morgan fingerprint density at radius 3 is 2.92 bits per heavy atom. The van der Waals surface area contributed by atoms with Crippen LogP contribution in [0.15, 0.2) is 18.2 Å². The molecule has 1 rings (SSSR count). The van der Waals surface area contributed by atoms with E-state index in [1.54, 1.807) is 0 Å². The molecule has 0 saturated carbocycles. The van der Waals surface area contributed by atoms with Gasteiger partial charge in [-0.2, -0.15) is 0 Å². The van der Waals surface area contributed by atoms with Gasteiger partial charge in [-0.05, 0) is 18.5 Å². The molecule has 0 aliphatic carbocycles. The van der Waals surface area contributed by atoms with Gasteiger partial charge in [-0.15, -0.1) is 0 Å². The fourth-order valence-electron chi connectivity index (χ4n) is 0.836. The minimum atomic E-state index is -2.81. The van der Waals surface area contributed by atoms with Gasteiger partial charge in [-0.25, -0.2) is 0 Å². The lowest BCUT2D eigenvalue weighted by Crippen LogP contribution is -2.31. The zero-order valence-electron chi connectivity index (χ0n) is 12.1. The third kappa shape index (κ3) is 1.78. The Bertz CT molecular complexity index is 428. The average molecular weight is 172 g/mol. The number of hydrogen-bond acceptors (Lipinski definition) is 3. The molecule has 12 heavy (non-hydrogen) atoms. The maximum absolute atomic E-state index is 9.05. The second kappa shape index (κ2) is 3.60. The summed E-state index contributed by atoms with van der Waals surface area (Å²) in [5, 5.41) is 18.1. The largest absolute Gasteiger partial charge is 0.497 e. The van der Waals surface area contributed by atoms with Crippen LogP contribution in [0.1, 0.15) is 13.8 Å². The van der Waals surface area contributed by atoms with E-state index < -0.39 is 26.8 Å². The molecule has 0 radical (unpaired) electrons. The van der Waals surface area contributed by atoms with E-state index in [0.29, 0.717) is 0 Å². The van der Waals surface area contributed by atoms with Gasteiger partial charge >= 0.3 is 7.12 Å². The number of methoxy groups -OCH3 is 1. The van der Waals surface area contributed by atoms with Crippen LogP contribution in [0.25, 0.3) is 0 Å². The lowest BCUT2D eigenvalue weighted by Gasteiger charge is -2.07. The molecule has 0 fully saturated rings. The fourth-order valence-corrected chi connectivity index (χ4v) is 0.836. The molecule has 64 valence electrons. The second-order valence-corrected chi connectivity index (χ2v) is 2.23. The van der Waals surface area contributed by atoms with Gasteiger partial charge in [-0.3, -0.25) is 0 Å². The average Bonchev–Trinajstić information content (AvgIpc) is 2.12. The van der Waals surface area contributed by atoms with Crippen LogP contribution in [-0.4, -0.2) is 24.2 Å². The summed E-state index contributed by atoms with van der Waals surface area (Å²) in [5.41, 5.74) is -0.356. The lowest BCUT2D eigenvalue weighted by atomic mass is 9.79. The summed E-state index contributed by atoms with van der Waals surface area (Å²) in [6.07, 6.45) is 0. The molecular weight excluding hydrogens is 155 g/mol. The summed E-state index contributed by atoms with van der Waals surface area (Å²) in [6.45, 7) is -2.44. The van der Waals surface area contributed by atoms with Crippen LogP contribution >= 0.6 is 0 Å². The molecular formula is C8H11BO3. The summed E-state index contributed by atoms with van der Waals surface area (Å²) < 4.78 is 47.0. The number of ether oxygens (including phenoxy) is 1. The molecule has 0 spiro atoms. The molecule has 0 aliphatic rings.